The molecule has 1 saturated heterocycles. The summed E-state index contributed by atoms with van der Waals surface area (Å²) < 4.78 is 39.4. The molecule has 0 amide bonds. The van der Waals surface area contributed by atoms with E-state index in [0.29, 0.717) is 19.6 Å². The van der Waals surface area contributed by atoms with Crippen molar-refractivity contribution in [3.8, 4) is 6.07 Å². The standard InChI is InChI=1S/C18H19N3O4S/c19-11-14-5-1-2-7-18(14)26(22,23)21-16-8-10-24-13-17(16)25-12-15-6-3-4-9-20-15/h1-7,9,16-17,21H,8,10,12-13H2/t16-,17-/m1/s1. The van der Waals surface area contributed by atoms with E-state index in [1.54, 1.807) is 18.3 Å². The van der Waals surface area contributed by atoms with Gasteiger partial charge in [-0.15, -0.1) is 0 Å². The predicted molar refractivity (Wildman–Crippen MR) is 93.5 cm³/mol. The third-order valence-electron chi connectivity index (χ3n) is 4.08. The average Bonchev–Trinajstić information content (AvgIpc) is 2.68. The summed E-state index contributed by atoms with van der Waals surface area (Å²) in [6.07, 6.45) is 1.73. The highest BCUT2D eigenvalue weighted by atomic mass is 32.2. The molecule has 0 spiro atoms. The van der Waals surface area contributed by atoms with Crippen molar-refractivity contribution < 1.29 is 17.9 Å². The van der Waals surface area contributed by atoms with Crippen molar-refractivity contribution >= 4 is 10.0 Å². The fourth-order valence-corrected chi connectivity index (χ4v) is 4.20. The maximum Gasteiger partial charge on any atom is 0.242 e. The van der Waals surface area contributed by atoms with Gasteiger partial charge in [0.05, 0.1) is 41.5 Å². The van der Waals surface area contributed by atoms with Crippen LogP contribution in [0.25, 0.3) is 0 Å². The van der Waals surface area contributed by atoms with Crippen molar-refractivity contribution in [1.82, 2.24) is 9.71 Å². The molecule has 2 aromatic rings. The second-order valence-electron chi connectivity index (χ2n) is 5.87. The van der Waals surface area contributed by atoms with E-state index < -0.39 is 22.2 Å². The summed E-state index contributed by atoms with van der Waals surface area (Å²) >= 11 is 0. The number of ether oxygens (including phenoxy) is 2. The summed E-state index contributed by atoms with van der Waals surface area (Å²) in [5, 5.41) is 9.16. The Morgan fingerprint density at radius 1 is 1.27 bits per heavy atom. The molecule has 1 fully saturated rings. The number of nitrogens with zero attached hydrogens (tertiary/aromatic N) is 2. The van der Waals surface area contributed by atoms with Crippen LogP contribution in [0.1, 0.15) is 17.7 Å². The lowest BCUT2D eigenvalue weighted by Gasteiger charge is -2.31. The molecule has 2 atom stereocenters. The van der Waals surface area contributed by atoms with E-state index >= 15 is 0 Å². The smallest absolute Gasteiger partial charge is 0.242 e. The van der Waals surface area contributed by atoms with Crippen LogP contribution in [0.2, 0.25) is 0 Å². The highest BCUT2D eigenvalue weighted by molar-refractivity contribution is 7.89. The number of pyridine rings is 1. The lowest BCUT2D eigenvalue weighted by Crippen LogP contribution is -2.49. The lowest BCUT2D eigenvalue weighted by molar-refractivity contribution is -0.0718. The molecule has 136 valence electrons. The maximum absolute atomic E-state index is 12.7. The quantitative estimate of drug-likeness (QED) is 0.825. The van der Waals surface area contributed by atoms with Gasteiger partial charge in [0.2, 0.25) is 10.0 Å². The van der Waals surface area contributed by atoms with Crippen LogP contribution < -0.4 is 4.72 Å². The molecule has 1 aliphatic heterocycles. The zero-order valence-electron chi connectivity index (χ0n) is 14.0. The van der Waals surface area contributed by atoms with Crippen molar-refractivity contribution in [2.24, 2.45) is 0 Å². The highest BCUT2D eigenvalue weighted by Crippen LogP contribution is 2.19. The number of nitriles is 1. The second kappa shape index (κ2) is 8.38. The van der Waals surface area contributed by atoms with E-state index in [0.717, 1.165) is 5.69 Å². The molecule has 3 rings (SSSR count). The zero-order valence-corrected chi connectivity index (χ0v) is 14.9. The minimum Gasteiger partial charge on any atom is -0.379 e. The van der Waals surface area contributed by atoms with Gasteiger partial charge < -0.3 is 9.47 Å². The molecule has 1 aliphatic rings. The maximum atomic E-state index is 12.7. The minimum absolute atomic E-state index is 0.0301. The van der Waals surface area contributed by atoms with Crippen LogP contribution in [0.5, 0.6) is 0 Å². The Bertz CT molecular complexity index is 881. The monoisotopic (exact) mass is 373 g/mol. The summed E-state index contributed by atoms with van der Waals surface area (Å²) in [6, 6.07) is 13.1. The zero-order chi connectivity index (χ0) is 18.4. The summed E-state index contributed by atoms with van der Waals surface area (Å²) in [4.78, 5) is 4.16. The van der Waals surface area contributed by atoms with Gasteiger partial charge >= 0.3 is 0 Å². The van der Waals surface area contributed by atoms with E-state index in [1.165, 1.54) is 12.1 Å². The number of rotatable bonds is 6. The fraction of sp³-hybridized carbons (Fsp3) is 0.333. The molecule has 1 N–H and O–H groups in total. The molecular weight excluding hydrogens is 354 g/mol. The van der Waals surface area contributed by atoms with Crippen LogP contribution in [0.4, 0.5) is 0 Å². The molecule has 0 unspecified atom stereocenters. The number of benzene rings is 1. The Morgan fingerprint density at radius 3 is 2.85 bits per heavy atom. The van der Waals surface area contributed by atoms with Crippen LogP contribution in [-0.2, 0) is 26.1 Å². The number of hydrogen-bond donors (Lipinski definition) is 1. The van der Waals surface area contributed by atoms with Crippen LogP contribution in [0, 0.1) is 11.3 Å². The summed E-state index contributed by atoms with van der Waals surface area (Å²) in [7, 11) is -3.84. The topological polar surface area (TPSA) is 101 Å². The average molecular weight is 373 g/mol. The highest BCUT2D eigenvalue weighted by Gasteiger charge is 2.31. The summed E-state index contributed by atoms with van der Waals surface area (Å²) in [6.45, 7) is 0.998. The van der Waals surface area contributed by atoms with Gasteiger partial charge in [-0.3, -0.25) is 4.98 Å². The Balaban J connectivity index is 1.72. The molecule has 0 aliphatic carbocycles. The van der Waals surface area contributed by atoms with Gasteiger partial charge in [0.1, 0.15) is 6.07 Å². The molecule has 8 heteroatoms. The first-order valence-corrected chi connectivity index (χ1v) is 9.69. The van der Waals surface area contributed by atoms with E-state index in [4.69, 9.17) is 14.7 Å². The predicted octanol–water partition coefficient (Wildman–Crippen LogP) is 1.61. The lowest BCUT2D eigenvalue weighted by atomic mass is 10.1. The van der Waals surface area contributed by atoms with Gasteiger partial charge in [0, 0.05) is 12.8 Å². The molecule has 7 nitrogen and oxygen atoms in total. The first-order valence-electron chi connectivity index (χ1n) is 8.21. The van der Waals surface area contributed by atoms with Gasteiger partial charge in [-0.2, -0.15) is 5.26 Å². The Kier molecular flexibility index (Phi) is 5.96. The van der Waals surface area contributed by atoms with Crippen LogP contribution >= 0.6 is 0 Å². The first-order chi connectivity index (χ1) is 12.6. The van der Waals surface area contributed by atoms with E-state index in [-0.39, 0.29) is 17.1 Å². The SMILES string of the molecule is N#Cc1ccccc1S(=O)(=O)N[C@@H]1CCOC[C@H]1OCc1ccccn1. The first kappa shape index (κ1) is 18.5. The third kappa shape index (κ3) is 4.45. The molecule has 0 saturated carbocycles. The van der Waals surface area contributed by atoms with Crippen LogP contribution in [0.15, 0.2) is 53.6 Å². The summed E-state index contributed by atoms with van der Waals surface area (Å²) in [5.41, 5.74) is 0.868. The second-order valence-corrected chi connectivity index (χ2v) is 7.55. The van der Waals surface area contributed by atoms with Gasteiger partial charge in [0.15, 0.2) is 0 Å². The van der Waals surface area contributed by atoms with Crippen molar-refractivity contribution in [3.63, 3.8) is 0 Å². The molecule has 2 heterocycles. The van der Waals surface area contributed by atoms with Gasteiger partial charge in [-0.1, -0.05) is 18.2 Å². The van der Waals surface area contributed by atoms with E-state index in [1.807, 2.05) is 24.3 Å². The number of aromatic nitrogens is 1. The van der Waals surface area contributed by atoms with Gasteiger partial charge in [0.25, 0.3) is 0 Å². The van der Waals surface area contributed by atoms with Crippen LogP contribution in [0.3, 0.4) is 0 Å². The Hall–Kier alpha value is -2.31. The number of nitrogens with one attached hydrogen (secondary N) is 1. The van der Waals surface area contributed by atoms with Gasteiger partial charge in [-0.05, 0) is 30.7 Å². The molecule has 1 aromatic carbocycles. The largest absolute Gasteiger partial charge is 0.379 e. The van der Waals surface area contributed by atoms with Crippen molar-refractivity contribution in [2.45, 2.75) is 30.1 Å². The minimum atomic E-state index is -3.84. The molecule has 0 radical (unpaired) electrons. The van der Waals surface area contributed by atoms with Crippen LogP contribution in [-0.4, -0.2) is 38.8 Å². The van der Waals surface area contributed by atoms with Crippen molar-refractivity contribution in [2.75, 3.05) is 13.2 Å². The Labute approximate surface area is 152 Å². The molecule has 1 aromatic heterocycles. The van der Waals surface area contributed by atoms with E-state index in [9.17, 15) is 8.42 Å². The third-order valence-corrected chi connectivity index (χ3v) is 5.63. The number of hydrogen-bond acceptors (Lipinski definition) is 6. The summed E-state index contributed by atoms with van der Waals surface area (Å²) in [5.74, 6) is 0. The molecule has 0 bridgehead atoms. The Morgan fingerprint density at radius 2 is 2.08 bits per heavy atom. The van der Waals surface area contributed by atoms with Gasteiger partial charge in [-0.25, -0.2) is 13.1 Å². The van der Waals surface area contributed by atoms with Crippen molar-refractivity contribution in [1.29, 1.82) is 5.26 Å². The van der Waals surface area contributed by atoms with Crippen molar-refractivity contribution in [3.05, 3.63) is 59.9 Å². The molecule has 26 heavy (non-hydrogen) atoms. The fourth-order valence-electron chi connectivity index (χ4n) is 2.74. The number of sulfonamides is 1. The normalized spacial score (nSPS) is 20.4. The van der Waals surface area contributed by atoms with E-state index in [2.05, 4.69) is 9.71 Å². The molecular formula is C18H19N3O4S.